The Morgan fingerprint density at radius 2 is 2.21 bits per heavy atom. The van der Waals surface area contributed by atoms with Crippen LogP contribution in [-0.4, -0.2) is 41.9 Å². The number of hydrogen-bond donors (Lipinski definition) is 0. The fraction of sp³-hybridized carbons (Fsp3) is 0.400. The average molecular weight is 364 g/mol. The highest BCUT2D eigenvalue weighted by Gasteiger charge is 2.35. The van der Waals surface area contributed by atoms with Crippen molar-refractivity contribution in [3.63, 3.8) is 0 Å². The number of ether oxygens (including phenoxy) is 1. The smallest absolute Gasteiger partial charge is 0.252 e. The third-order valence-electron chi connectivity index (χ3n) is 3.74. The Hall–Kier alpha value is -2.02. The largest absolute Gasteiger partial charge is 0.471 e. The van der Waals surface area contributed by atoms with Gasteiger partial charge in [-0.25, -0.2) is 18.4 Å². The Balaban J connectivity index is 1.72. The van der Waals surface area contributed by atoms with E-state index < -0.39 is 10.0 Å². The minimum absolute atomic E-state index is 0.102. The molecule has 1 aliphatic rings. The predicted molar refractivity (Wildman–Crippen MR) is 88.2 cm³/mol. The highest BCUT2D eigenvalue weighted by molar-refractivity contribution is 7.91. The van der Waals surface area contributed by atoms with Crippen LogP contribution in [0.4, 0.5) is 0 Å². The zero-order valence-corrected chi connectivity index (χ0v) is 14.7. The van der Waals surface area contributed by atoms with Gasteiger partial charge in [-0.05, 0) is 25.0 Å². The van der Waals surface area contributed by atoms with E-state index in [1.807, 2.05) is 19.1 Å². The molecule has 0 unspecified atom stereocenters. The normalized spacial score (nSPS) is 18.4. The van der Waals surface area contributed by atoms with Crippen LogP contribution in [0.2, 0.25) is 0 Å². The zero-order valence-electron chi connectivity index (χ0n) is 13.0. The summed E-state index contributed by atoms with van der Waals surface area (Å²) < 4.78 is 32.8. The Morgan fingerprint density at radius 1 is 1.42 bits per heavy atom. The van der Waals surface area contributed by atoms with Gasteiger partial charge < -0.3 is 4.74 Å². The van der Waals surface area contributed by atoms with Crippen molar-refractivity contribution in [1.29, 1.82) is 5.26 Å². The molecule has 24 heavy (non-hydrogen) atoms. The van der Waals surface area contributed by atoms with Crippen LogP contribution in [0.15, 0.2) is 28.7 Å². The summed E-state index contributed by atoms with van der Waals surface area (Å²) in [6.45, 7) is 2.62. The summed E-state index contributed by atoms with van der Waals surface area (Å²) in [6, 6.07) is 5.42. The molecule has 1 aliphatic heterocycles. The van der Waals surface area contributed by atoms with E-state index in [4.69, 9.17) is 10.00 Å². The Kier molecular flexibility index (Phi) is 4.80. The quantitative estimate of drug-likeness (QED) is 0.803. The lowest BCUT2D eigenvalue weighted by Gasteiger charge is -2.16. The molecule has 1 fully saturated rings. The van der Waals surface area contributed by atoms with Gasteiger partial charge in [0.1, 0.15) is 16.4 Å². The van der Waals surface area contributed by atoms with Crippen molar-refractivity contribution in [2.45, 2.75) is 30.1 Å². The Labute approximate surface area is 144 Å². The molecular formula is C15H16N4O3S2. The maximum absolute atomic E-state index is 12.7. The van der Waals surface area contributed by atoms with Gasteiger partial charge in [-0.2, -0.15) is 9.57 Å². The first kappa shape index (κ1) is 16.8. The van der Waals surface area contributed by atoms with E-state index in [0.29, 0.717) is 17.2 Å². The summed E-state index contributed by atoms with van der Waals surface area (Å²) in [6.07, 6.45) is 3.88. The molecule has 2 aromatic heterocycles. The van der Waals surface area contributed by atoms with E-state index in [-0.39, 0.29) is 24.2 Å². The summed E-state index contributed by atoms with van der Waals surface area (Å²) >= 11 is 1.30. The number of nitrogens with zero attached hydrogens (tertiary/aromatic N) is 4. The molecule has 2 aromatic rings. The van der Waals surface area contributed by atoms with Crippen LogP contribution >= 0.6 is 11.3 Å². The second kappa shape index (κ2) is 6.84. The molecular weight excluding hydrogens is 348 g/mol. The predicted octanol–water partition coefficient (Wildman–Crippen LogP) is 1.81. The molecule has 1 saturated heterocycles. The van der Waals surface area contributed by atoms with E-state index in [9.17, 15) is 8.42 Å². The first-order valence-corrected chi connectivity index (χ1v) is 9.77. The van der Waals surface area contributed by atoms with E-state index >= 15 is 0 Å². The molecule has 3 rings (SSSR count). The SMILES string of the molecule is CCc1ccc(S(=O)(=O)N2CC[C@@H](Oc3nccnc3C#N)C2)s1. The van der Waals surface area contributed by atoms with Gasteiger partial charge >= 0.3 is 0 Å². The lowest BCUT2D eigenvalue weighted by molar-refractivity contribution is 0.205. The van der Waals surface area contributed by atoms with Gasteiger partial charge in [0.2, 0.25) is 5.69 Å². The molecule has 3 heterocycles. The molecule has 0 bridgehead atoms. The minimum atomic E-state index is -3.50. The van der Waals surface area contributed by atoms with Crippen molar-refractivity contribution < 1.29 is 13.2 Å². The molecule has 0 saturated carbocycles. The van der Waals surface area contributed by atoms with E-state index in [0.717, 1.165) is 11.3 Å². The van der Waals surface area contributed by atoms with Crippen molar-refractivity contribution in [2.75, 3.05) is 13.1 Å². The topological polar surface area (TPSA) is 96.2 Å². The molecule has 0 amide bonds. The van der Waals surface area contributed by atoms with Gasteiger partial charge in [-0.1, -0.05) is 6.92 Å². The van der Waals surface area contributed by atoms with Gasteiger partial charge in [-0.15, -0.1) is 11.3 Å². The molecule has 0 spiro atoms. The van der Waals surface area contributed by atoms with Crippen molar-refractivity contribution in [3.05, 3.63) is 35.1 Å². The highest BCUT2D eigenvalue weighted by atomic mass is 32.2. The average Bonchev–Trinajstić information content (AvgIpc) is 3.25. The minimum Gasteiger partial charge on any atom is -0.471 e. The second-order valence-corrected chi connectivity index (χ2v) is 8.62. The third-order valence-corrected chi connectivity index (χ3v) is 7.30. The van der Waals surface area contributed by atoms with Crippen LogP contribution in [0.5, 0.6) is 5.88 Å². The van der Waals surface area contributed by atoms with Crippen LogP contribution in [-0.2, 0) is 16.4 Å². The number of aromatic nitrogens is 2. The van der Waals surface area contributed by atoms with Gasteiger partial charge in [0, 0.05) is 23.8 Å². The summed E-state index contributed by atoms with van der Waals surface area (Å²) in [5.41, 5.74) is 0.102. The number of rotatable bonds is 5. The summed E-state index contributed by atoms with van der Waals surface area (Å²) in [4.78, 5) is 8.93. The van der Waals surface area contributed by atoms with Gasteiger partial charge in [0.05, 0.1) is 6.54 Å². The third kappa shape index (κ3) is 3.26. The molecule has 0 N–H and O–H groups in total. The Bertz CT molecular complexity index is 873. The number of hydrogen-bond acceptors (Lipinski definition) is 7. The Morgan fingerprint density at radius 3 is 2.92 bits per heavy atom. The number of aryl methyl sites for hydroxylation is 1. The second-order valence-electron chi connectivity index (χ2n) is 5.29. The zero-order chi connectivity index (χ0) is 17.2. The van der Waals surface area contributed by atoms with Crippen LogP contribution in [0.25, 0.3) is 0 Å². The standard InChI is InChI=1S/C15H16N4O3S2/c1-2-12-3-4-14(23-12)24(20,21)19-8-5-11(10-19)22-15-13(9-16)17-6-7-18-15/h3-4,6-7,11H,2,5,8,10H2,1H3/t11-/m1/s1. The molecule has 0 aliphatic carbocycles. The molecule has 0 radical (unpaired) electrons. The van der Waals surface area contributed by atoms with Crippen molar-refractivity contribution in [1.82, 2.24) is 14.3 Å². The van der Waals surface area contributed by atoms with E-state index in [2.05, 4.69) is 9.97 Å². The van der Waals surface area contributed by atoms with Gasteiger partial charge in [0.15, 0.2) is 0 Å². The highest BCUT2D eigenvalue weighted by Crippen LogP contribution is 2.28. The lowest BCUT2D eigenvalue weighted by atomic mass is 10.3. The number of thiophene rings is 1. The van der Waals surface area contributed by atoms with Gasteiger partial charge in [-0.3, -0.25) is 0 Å². The maximum Gasteiger partial charge on any atom is 0.252 e. The lowest BCUT2D eigenvalue weighted by Crippen LogP contribution is -2.30. The monoisotopic (exact) mass is 364 g/mol. The van der Waals surface area contributed by atoms with Crippen molar-refractivity contribution >= 4 is 21.4 Å². The van der Waals surface area contributed by atoms with Crippen LogP contribution < -0.4 is 4.74 Å². The van der Waals surface area contributed by atoms with Crippen LogP contribution in [0.1, 0.15) is 23.9 Å². The van der Waals surface area contributed by atoms with Gasteiger partial charge in [0.25, 0.3) is 15.9 Å². The summed E-state index contributed by atoms with van der Waals surface area (Å²) in [7, 11) is -3.50. The molecule has 1 atom stereocenters. The fourth-order valence-corrected chi connectivity index (χ4v) is 5.41. The first-order valence-electron chi connectivity index (χ1n) is 7.51. The summed E-state index contributed by atoms with van der Waals surface area (Å²) in [5.74, 6) is 0.147. The van der Waals surface area contributed by atoms with Crippen LogP contribution in [0.3, 0.4) is 0 Å². The number of nitriles is 1. The number of sulfonamides is 1. The molecule has 9 heteroatoms. The first-order chi connectivity index (χ1) is 11.5. The van der Waals surface area contributed by atoms with E-state index in [1.54, 1.807) is 6.07 Å². The molecule has 7 nitrogen and oxygen atoms in total. The van der Waals surface area contributed by atoms with E-state index in [1.165, 1.54) is 28.0 Å². The molecule has 126 valence electrons. The fourth-order valence-electron chi connectivity index (χ4n) is 2.47. The summed E-state index contributed by atoms with van der Waals surface area (Å²) in [5, 5.41) is 9.01. The van der Waals surface area contributed by atoms with Crippen molar-refractivity contribution in [2.24, 2.45) is 0 Å². The van der Waals surface area contributed by atoms with Crippen molar-refractivity contribution in [3.8, 4) is 11.9 Å². The maximum atomic E-state index is 12.7. The molecule has 0 aromatic carbocycles. The van der Waals surface area contributed by atoms with Crippen LogP contribution in [0, 0.1) is 11.3 Å².